The molecule has 1 aromatic rings. The van der Waals surface area contributed by atoms with Crippen LogP contribution in [0.15, 0.2) is 23.1 Å². The SMILES string of the molecule is OC1CCC/C1=C\c1cccs1. The molecular formula is C10H12OS. The van der Waals surface area contributed by atoms with Gasteiger partial charge in [0.15, 0.2) is 0 Å². The van der Waals surface area contributed by atoms with E-state index in [1.54, 1.807) is 11.3 Å². The van der Waals surface area contributed by atoms with Gasteiger partial charge in [0.1, 0.15) is 0 Å². The quantitative estimate of drug-likeness (QED) is 0.704. The van der Waals surface area contributed by atoms with Crippen LogP contribution in [0, 0.1) is 0 Å². The number of hydrogen-bond acceptors (Lipinski definition) is 2. The molecule has 1 atom stereocenters. The van der Waals surface area contributed by atoms with Crippen LogP contribution in [-0.4, -0.2) is 11.2 Å². The second kappa shape index (κ2) is 3.42. The van der Waals surface area contributed by atoms with Crippen LogP contribution in [0.5, 0.6) is 0 Å². The Morgan fingerprint density at radius 1 is 1.58 bits per heavy atom. The first kappa shape index (κ1) is 8.02. The summed E-state index contributed by atoms with van der Waals surface area (Å²) < 4.78 is 0. The first-order valence-corrected chi connectivity index (χ1v) is 5.16. The van der Waals surface area contributed by atoms with Crippen LogP contribution in [0.25, 0.3) is 6.08 Å². The third kappa shape index (κ3) is 1.59. The number of thiophene rings is 1. The van der Waals surface area contributed by atoms with Crippen molar-refractivity contribution in [1.82, 2.24) is 0 Å². The lowest BCUT2D eigenvalue weighted by Crippen LogP contribution is -2.00. The van der Waals surface area contributed by atoms with Gasteiger partial charge in [-0.25, -0.2) is 0 Å². The van der Waals surface area contributed by atoms with Crippen molar-refractivity contribution in [1.29, 1.82) is 0 Å². The van der Waals surface area contributed by atoms with Crippen molar-refractivity contribution in [3.8, 4) is 0 Å². The Bertz CT molecular complexity index is 274. The minimum absolute atomic E-state index is 0.174. The molecule has 1 fully saturated rings. The molecule has 0 spiro atoms. The lowest BCUT2D eigenvalue weighted by molar-refractivity contribution is 0.219. The highest BCUT2D eigenvalue weighted by Crippen LogP contribution is 2.27. The third-order valence-corrected chi connectivity index (χ3v) is 3.06. The van der Waals surface area contributed by atoms with Crippen LogP contribution in [-0.2, 0) is 0 Å². The van der Waals surface area contributed by atoms with E-state index in [0.717, 1.165) is 19.3 Å². The van der Waals surface area contributed by atoms with Crippen molar-refractivity contribution in [3.05, 3.63) is 28.0 Å². The Hall–Kier alpha value is -0.600. The van der Waals surface area contributed by atoms with Crippen molar-refractivity contribution in [2.75, 3.05) is 0 Å². The number of aliphatic hydroxyl groups excluding tert-OH is 1. The normalized spacial score (nSPS) is 26.8. The third-order valence-electron chi connectivity index (χ3n) is 2.24. The van der Waals surface area contributed by atoms with Crippen molar-refractivity contribution in [3.63, 3.8) is 0 Å². The molecule has 2 heteroatoms. The van der Waals surface area contributed by atoms with Crippen LogP contribution < -0.4 is 0 Å². The van der Waals surface area contributed by atoms with Gasteiger partial charge in [0.25, 0.3) is 0 Å². The lowest BCUT2D eigenvalue weighted by Gasteiger charge is -2.01. The minimum atomic E-state index is -0.174. The molecule has 1 aliphatic carbocycles. The molecule has 12 heavy (non-hydrogen) atoms. The Morgan fingerprint density at radius 3 is 3.08 bits per heavy atom. The van der Waals surface area contributed by atoms with Gasteiger partial charge in [-0.05, 0) is 42.4 Å². The predicted octanol–water partition coefficient (Wildman–Crippen LogP) is 2.68. The predicted molar refractivity (Wildman–Crippen MR) is 52.2 cm³/mol. The van der Waals surface area contributed by atoms with Crippen molar-refractivity contribution in [2.24, 2.45) is 0 Å². The summed E-state index contributed by atoms with van der Waals surface area (Å²) >= 11 is 1.72. The second-order valence-corrected chi connectivity index (χ2v) is 4.12. The summed E-state index contributed by atoms with van der Waals surface area (Å²) in [6, 6.07) is 4.13. The van der Waals surface area contributed by atoms with Crippen molar-refractivity contribution in [2.45, 2.75) is 25.4 Å². The molecule has 0 saturated heterocycles. The highest BCUT2D eigenvalue weighted by atomic mass is 32.1. The largest absolute Gasteiger partial charge is 0.389 e. The molecule has 64 valence electrons. The van der Waals surface area contributed by atoms with E-state index >= 15 is 0 Å². The molecule has 0 radical (unpaired) electrons. The minimum Gasteiger partial charge on any atom is -0.389 e. The van der Waals surface area contributed by atoms with Crippen LogP contribution in [0.2, 0.25) is 0 Å². The topological polar surface area (TPSA) is 20.2 Å². The maximum atomic E-state index is 9.52. The van der Waals surface area contributed by atoms with Gasteiger partial charge >= 0.3 is 0 Å². The van der Waals surface area contributed by atoms with E-state index < -0.39 is 0 Å². The maximum Gasteiger partial charge on any atom is 0.0753 e. The molecule has 1 N–H and O–H groups in total. The van der Waals surface area contributed by atoms with Gasteiger partial charge < -0.3 is 5.11 Å². The Labute approximate surface area is 76.4 Å². The van der Waals surface area contributed by atoms with E-state index in [4.69, 9.17) is 0 Å². The summed E-state index contributed by atoms with van der Waals surface area (Å²) in [4.78, 5) is 1.26. The Balaban J connectivity index is 2.18. The van der Waals surface area contributed by atoms with Crippen molar-refractivity contribution >= 4 is 17.4 Å². The number of rotatable bonds is 1. The zero-order chi connectivity index (χ0) is 8.39. The van der Waals surface area contributed by atoms with Crippen molar-refractivity contribution < 1.29 is 5.11 Å². The first-order chi connectivity index (χ1) is 5.86. The monoisotopic (exact) mass is 180 g/mol. The smallest absolute Gasteiger partial charge is 0.0753 e. The number of aliphatic hydroxyl groups is 1. The molecule has 0 aliphatic heterocycles. The van der Waals surface area contributed by atoms with Gasteiger partial charge in [0.2, 0.25) is 0 Å². The van der Waals surface area contributed by atoms with Crippen LogP contribution >= 0.6 is 11.3 Å². The highest BCUT2D eigenvalue weighted by Gasteiger charge is 2.17. The van der Waals surface area contributed by atoms with Crippen LogP contribution in [0.3, 0.4) is 0 Å². The molecule has 1 unspecified atom stereocenters. The van der Waals surface area contributed by atoms with E-state index in [-0.39, 0.29) is 6.10 Å². The van der Waals surface area contributed by atoms with Gasteiger partial charge in [-0.1, -0.05) is 6.07 Å². The van der Waals surface area contributed by atoms with E-state index in [1.165, 1.54) is 10.5 Å². The van der Waals surface area contributed by atoms with E-state index in [9.17, 15) is 5.11 Å². The molecule has 1 nitrogen and oxygen atoms in total. The van der Waals surface area contributed by atoms with Gasteiger partial charge in [0.05, 0.1) is 6.10 Å². The summed E-state index contributed by atoms with van der Waals surface area (Å²) in [5, 5.41) is 11.6. The summed E-state index contributed by atoms with van der Waals surface area (Å²) in [6.07, 6.45) is 5.10. The molecule has 1 saturated carbocycles. The molecule has 0 bridgehead atoms. The summed E-state index contributed by atoms with van der Waals surface area (Å²) in [6.45, 7) is 0. The standard InChI is InChI=1S/C10H12OS/c11-10-5-1-3-8(10)7-9-4-2-6-12-9/h2,4,6-7,10-11H,1,3,5H2/b8-7+. The molecule has 1 aliphatic rings. The summed E-state index contributed by atoms with van der Waals surface area (Å²) in [5.41, 5.74) is 1.21. The molecule has 1 aromatic heterocycles. The fraction of sp³-hybridized carbons (Fsp3) is 0.400. The Kier molecular flexibility index (Phi) is 2.28. The van der Waals surface area contributed by atoms with Crippen LogP contribution in [0.4, 0.5) is 0 Å². The average molecular weight is 180 g/mol. The van der Waals surface area contributed by atoms with E-state index in [2.05, 4.69) is 17.5 Å². The average Bonchev–Trinajstić information content (AvgIpc) is 2.65. The zero-order valence-corrected chi connectivity index (χ0v) is 7.68. The van der Waals surface area contributed by atoms with Gasteiger partial charge in [0, 0.05) is 4.88 Å². The van der Waals surface area contributed by atoms with Gasteiger partial charge in [-0.3, -0.25) is 0 Å². The first-order valence-electron chi connectivity index (χ1n) is 4.28. The summed E-state index contributed by atoms with van der Waals surface area (Å²) in [5.74, 6) is 0. The van der Waals surface area contributed by atoms with Gasteiger partial charge in [-0.15, -0.1) is 11.3 Å². The maximum absolute atomic E-state index is 9.52. The van der Waals surface area contributed by atoms with E-state index in [1.807, 2.05) is 6.07 Å². The molecule has 0 amide bonds. The van der Waals surface area contributed by atoms with Gasteiger partial charge in [-0.2, -0.15) is 0 Å². The fourth-order valence-corrected chi connectivity index (χ4v) is 2.27. The molecule has 1 heterocycles. The number of hydrogen-bond donors (Lipinski definition) is 1. The lowest BCUT2D eigenvalue weighted by atomic mass is 10.2. The zero-order valence-electron chi connectivity index (χ0n) is 6.86. The molecule has 0 aromatic carbocycles. The Morgan fingerprint density at radius 2 is 2.50 bits per heavy atom. The molecular weight excluding hydrogens is 168 g/mol. The summed E-state index contributed by atoms with van der Waals surface area (Å²) in [7, 11) is 0. The highest BCUT2D eigenvalue weighted by molar-refractivity contribution is 7.10. The molecule has 2 rings (SSSR count). The second-order valence-electron chi connectivity index (χ2n) is 3.14. The van der Waals surface area contributed by atoms with Crippen LogP contribution in [0.1, 0.15) is 24.1 Å². The fourth-order valence-electron chi connectivity index (χ4n) is 1.58. The van der Waals surface area contributed by atoms with E-state index in [0.29, 0.717) is 0 Å².